The molecule has 0 aliphatic carbocycles. The second kappa shape index (κ2) is 6.55. The highest BCUT2D eigenvalue weighted by Gasteiger charge is 2.27. The summed E-state index contributed by atoms with van der Waals surface area (Å²) in [6, 6.07) is 15.4. The van der Waals surface area contributed by atoms with Crippen LogP contribution in [0.15, 0.2) is 53.6 Å². The van der Waals surface area contributed by atoms with E-state index in [0.29, 0.717) is 11.5 Å². The second-order valence-electron chi connectivity index (χ2n) is 6.17. The molecule has 0 fully saturated rings. The first-order chi connectivity index (χ1) is 12.6. The minimum absolute atomic E-state index is 0.158. The molecule has 6 nitrogen and oxygen atoms in total. The summed E-state index contributed by atoms with van der Waals surface area (Å²) in [5.41, 5.74) is 5.73. The molecule has 2 aromatic carbocycles. The summed E-state index contributed by atoms with van der Waals surface area (Å²) in [6.07, 6.45) is 0.948. The lowest BCUT2D eigenvalue weighted by Gasteiger charge is -2.24. The SMILES string of the molecule is Cc1c(/C=N/NC(=O)C2COc3ccccc3O2)c2ccccc2n1C. The smallest absolute Gasteiger partial charge is 0.284 e. The summed E-state index contributed by atoms with van der Waals surface area (Å²) in [5, 5.41) is 5.22. The van der Waals surface area contributed by atoms with E-state index in [0.717, 1.165) is 22.2 Å². The van der Waals surface area contributed by atoms with Crippen LogP contribution in [-0.2, 0) is 11.8 Å². The Kier molecular flexibility index (Phi) is 4.08. The molecule has 0 saturated heterocycles. The number of carbonyl (C=O) groups excluding carboxylic acids is 1. The summed E-state index contributed by atoms with van der Waals surface area (Å²) in [7, 11) is 2.01. The number of carbonyl (C=O) groups is 1. The van der Waals surface area contributed by atoms with Gasteiger partial charge in [-0.2, -0.15) is 5.10 Å². The molecule has 6 heteroatoms. The van der Waals surface area contributed by atoms with Gasteiger partial charge in [0.05, 0.1) is 6.21 Å². The minimum atomic E-state index is -0.726. The first kappa shape index (κ1) is 16.2. The third kappa shape index (κ3) is 2.79. The Morgan fingerprint density at radius 3 is 2.77 bits per heavy atom. The van der Waals surface area contributed by atoms with Gasteiger partial charge in [0, 0.05) is 29.2 Å². The quantitative estimate of drug-likeness (QED) is 0.584. The van der Waals surface area contributed by atoms with Gasteiger partial charge in [-0.1, -0.05) is 30.3 Å². The van der Waals surface area contributed by atoms with E-state index in [1.54, 1.807) is 12.3 Å². The average Bonchev–Trinajstić information content (AvgIpc) is 2.92. The maximum absolute atomic E-state index is 12.3. The van der Waals surface area contributed by atoms with E-state index in [4.69, 9.17) is 9.47 Å². The predicted molar refractivity (Wildman–Crippen MR) is 99.7 cm³/mol. The van der Waals surface area contributed by atoms with Crippen molar-refractivity contribution in [3.63, 3.8) is 0 Å². The molecule has 0 saturated carbocycles. The fourth-order valence-electron chi connectivity index (χ4n) is 3.09. The average molecular weight is 349 g/mol. The molecule has 132 valence electrons. The second-order valence-corrected chi connectivity index (χ2v) is 6.17. The number of nitrogens with one attached hydrogen (secondary N) is 1. The summed E-state index contributed by atoms with van der Waals surface area (Å²) in [6.45, 7) is 2.18. The number of fused-ring (bicyclic) bond motifs is 2. The van der Waals surface area contributed by atoms with Crippen LogP contribution in [0.2, 0.25) is 0 Å². The normalized spacial score (nSPS) is 16.2. The number of hydrogen-bond donors (Lipinski definition) is 1. The molecule has 1 atom stereocenters. The van der Waals surface area contributed by atoms with E-state index in [2.05, 4.69) is 21.2 Å². The summed E-state index contributed by atoms with van der Waals surface area (Å²) < 4.78 is 13.3. The molecule has 1 amide bonds. The van der Waals surface area contributed by atoms with Crippen LogP contribution in [0.1, 0.15) is 11.3 Å². The summed E-state index contributed by atoms with van der Waals surface area (Å²) in [5.74, 6) is 0.868. The molecule has 1 aromatic heterocycles. The maximum Gasteiger partial charge on any atom is 0.284 e. The van der Waals surface area contributed by atoms with Crippen molar-refractivity contribution in [3.05, 3.63) is 59.8 Å². The van der Waals surface area contributed by atoms with Crippen LogP contribution in [0, 0.1) is 6.92 Å². The molecule has 1 aliphatic heterocycles. The van der Waals surface area contributed by atoms with Crippen molar-refractivity contribution >= 4 is 23.0 Å². The van der Waals surface area contributed by atoms with E-state index in [-0.39, 0.29) is 12.5 Å². The van der Waals surface area contributed by atoms with Gasteiger partial charge in [-0.15, -0.1) is 0 Å². The zero-order chi connectivity index (χ0) is 18.1. The van der Waals surface area contributed by atoms with Crippen LogP contribution in [0.4, 0.5) is 0 Å². The molecule has 3 aromatic rings. The molecular weight excluding hydrogens is 330 g/mol. The predicted octanol–water partition coefficient (Wildman–Crippen LogP) is 2.78. The molecule has 2 heterocycles. The van der Waals surface area contributed by atoms with Gasteiger partial charge < -0.3 is 14.0 Å². The molecule has 1 unspecified atom stereocenters. The van der Waals surface area contributed by atoms with E-state index < -0.39 is 6.10 Å². The van der Waals surface area contributed by atoms with Crippen molar-refractivity contribution < 1.29 is 14.3 Å². The van der Waals surface area contributed by atoms with Crippen LogP contribution in [0.25, 0.3) is 10.9 Å². The first-order valence-electron chi connectivity index (χ1n) is 8.40. The first-order valence-corrected chi connectivity index (χ1v) is 8.40. The van der Waals surface area contributed by atoms with Crippen LogP contribution in [0.5, 0.6) is 11.5 Å². The lowest BCUT2D eigenvalue weighted by atomic mass is 10.1. The van der Waals surface area contributed by atoms with E-state index in [1.165, 1.54) is 0 Å². The molecule has 0 bridgehead atoms. The highest BCUT2D eigenvalue weighted by Crippen LogP contribution is 2.30. The van der Waals surface area contributed by atoms with Crippen molar-refractivity contribution in [2.75, 3.05) is 6.61 Å². The number of nitrogens with zero attached hydrogens (tertiary/aromatic N) is 2. The Hall–Kier alpha value is -3.28. The number of aryl methyl sites for hydroxylation is 1. The van der Waals surface area contributed by atoms with E-state index in [9.17, 15) is 4.79 Å². The fourth-order valence-corrected chi connectivity index (χ4v) is 3.09. The van der Waals surface area contributed by atoms with E-state index >= 15 is 0 Å². The van der Waals surface area contributed by atoms with Gasteiger partial charge in [0.1, 0.15) is 6.61 Å². The largest absolute Gasteiger partial charge is 0.485 e. The molecule has 4 rings (SSSR count). The highest BCUT2D eigenvalue weighted by molar-refractivity contribution is 6.01. The standard InChI is InChI=1S/C20H19N3O3/c1-13-15(14-7-3-4-8-16(14)23(13)2)11-21-22-20(24)19-12-25-17-9-5-6-10-18(17)26-19/h3-11,19H,12H2,1-2H3,(H,22,24)/b21-11+. The van der Waals surface area contributed by atoms with Gasteiger partial charge in [-0.25, -0.2) is 5.43 Å². The van der Waals surface area contributed by atoms with Crippen molar-refractivity contribution in [1.82, 2.24) is 9.99 Å². The van der Waals surface area contributed by atoms with Gasteiger partial charge in [0.15, 0.2) is 11.5 Å². The van der Waals surface area contributed by atoms with Crippen molar-refractivity contribution in [2.45, 2.75) is 13.0 Å². The monoisotopic (exact) mass is 349 g/mol. The Balaban J connectivity index is 1.48. The van der Waals surface area contributed by atoms with Gasteiger partial charge in [-0.05, 0) is 25.1 Å². The molecular formula is C20H19N3O3. The Morgan fingerprint density at radius 2 is 1.92 bits per heavy atom. The lowest BCUT2D eigenvalue weighted by molar-refractivity contribution is -0.130. The highest BCUT2D eigenvalue weighted by atomic mass is 16.6. The van der Waals surface area contributed by atoms with Crippen LogP contribution >= 0.6 is 0 Å². The number of hydrogen-bond acceptors (Lipinski definition) is 4. The number of benzene rings is 2. The number of amides is 1. The minimum Gasteiger partial charge on any atom is -0.485 e. The molecule has 26 heavy (non-hydrogen) atoms. The summed E-state index contributed by atoms with van der Waals surface area (Å²) >= 11 is 0. The van der Waals surface area contributed by atoms with Gasteiger partial charge >= 0.3 is 0 Å². The topological polar surface area (TPSA) is 64.8 Å². The van der Waals surface area contributed by atoms with Crippen molar-refractivity contribution in [3.8, 4) is 11.5 Å². The van der Waals surface area contributed by atoms with Gasteiger partial charge in [0.25, 0.3) is 5.91 Å². The number of aromatic nitrogens is 1. The van der Waals surface area contributed by atoms with Gasteiger partial charge in [0.2, 0.25) is 6.10 Å². The number of ether oxygens (including phenoxy) is 2. The summed E-state index contributed by atoms with van der Waals surface area (Å²) in [4.78, 5) is 12.3. The van der Waals surface area contributed by atoms with Crippen molar-refractivity contribution in [1.29, 1.82) is 0 Å². The van der Waals surface area contributed by atoms with Crippen molar-refractivity contribution in [2.24, 2.45) is 12.1 Å². The maximum atomic E-state index is 12.3. The zero-order valence-corrected chi connectivity index (χ0v) is 14.6. The molecule has 1 N–H and O–H groups in total. The Labute approximate surface area is 151 Å². The van der Waals surface area contributed by atoms with Crippen LogP contribution in [0.3, 0.4) is 0 Å². The fraction of sp³-hybridized carbons (Fsp3) is 0.200. The molecule has 1 aliphatic rings. The number of hydrazone groups is 1. The zero-order valence-electron chi connectivity index (χ0n) is 14.6. The number of rotatable bonds is 3. The third-order valence-corrected chi connectivity index (χ3v) is 4.62. The van der Waals surface area contributed by atoms with E-state index in [1.807, 2.05) is 50.4 Å². The lowest BCUT2D eigenvalue weighted by Crippen LogP contribution is -2.42. The molecule has 0 spiro atoms. The third-order valence-electron chi connectivity index (χ3n) is 4.62. The Morgan fingerprint density at radius 1 is 1.19 bits per heavy atom. The Bertz CT molecular complexity index is 1010. The van der Waals surface area contributed by atoms with Crippen LogP contribution < -0.4 is 14.9 Å². The molecule has 0 radical (unpaired) electrons. The van der Waals surface area contributed by atoms with Crippen LogP contribution in [-0.4, -0.2) is 29.4 Å². The van der Waals surface area contributed by atoms with Gasteiger partial charge in [-0.3, -0.25) is 4.79 Å². The number of para-hydroxylation sites is 3.